The minimum atomic E-state index is -0.909. The van der Waals surface area contributed by atoms with Crippen molar-refractivity contribution in [3.8, 4) is 0 Å². The summed E-state index contributed by atoms with van der Waals surface area (Å²) in [6.07, 6.45) is 0. The average Bonchev–Trinajstić information content (AvgIpc) is 2.52. The predicted octanol–water partition coefficient (Wildman–Crippen LogP) is 4.50. The van der Waals surface area contributed by atoms with Gasteiger partial charge in [-0.15, -0.1) is 16.9 Å². The molecule has 0 atom stereocenters. The lowest BCUT2D eigenvalue weighted by atomic mass is 10.2. The Morgan fingerprint density at radius 3 is 2.57 bits per heavy atom. The number of aryl methyl sites for hydroxylation is 1. The number of hydrogen-bond donors (Lipinski definition) is 1. The molecule has 0 saturated heterocycles. The maximum atomic E-state index is 10.7. The van der Waals surface area contributed by atoms with Crippen molar-refractivity contribution in [1.29, 1.82) is 0 Å². The van der Waals surface area contributed by atoms with E-state index in [-0.39, 0.29) is 11.4 Å². The highest BCUT2D eigenvalue weighted by Crippen LogP contribution is 2.31. The van der Waals surface area contributed by atoms with Crippen LogP contribution in [0.3, 0.4) is 0 Å². The zero-order chi connectivity index (χ0) is 16.8. The number of thioether (sulfide) groups is 1. The van der Waals surface area contributed by atoms with Crippen molar-refractivity contribution in [2.24, 2.45) is 10.2 Å². The maximum absolute atomic E-state index is 10.7. The summed E-state index contributed by atoms with van der Waals surface area (Å²) < 4.78 is 0. The van der Waals surface area contributed by atoms with Gasteiger partial charge in [-0.25, -0.2) is 0 Å². The SMILES string of the molecule is Cc1cc([N+](=O)[O-])ccc1N=Nc1ccccc1SCC(=O)O. The summed E-state index contributed by atoms with van der Waals surface area (Å²) in [6, 6.07) is 11.4. The first-order valence-corrected chi connectivity index (χ1v) is 7.56. The highest BCUT2D eigenvalue weighted by atomic mass is 32.2. The number of hydrogen-bond acceptors (Lipinski definition) is 6. The van der Waals surface area contributed by atoms with E-state index in [0.717, 1.165) is 11.8 Å². The second kappa shape index (κ2) is 7.50. The molecule has 0 unspecified atom stereocenters. The molecule has 0 aliphatic rings. The summed E-state index contributed by atoms with van der Waals surface area (Å²) in [7, 11) is 0. The van der Waals surface area contributed by atoms with Gasteiger partial charge in [-0.2, -0.15) is 5.11 Å². The monoisotopic (exact) mass is 331 g/mol. The van der Waals surface area contributed by atoms with Gasteiger partial charge < -0.3 is 5.11 Å². The van der Waals surface area contributed by atoms with Gasteiger partial charge in [0.05, 0.1) is 22.1 Å². The Morgan fingerprint density at radius 1 is 1.22 bits per heavy atom. The van der Waals surface area contributed by atoms with Gasteiger partial charge in [-0.1, -0.05) is 12.1 Å². The first-order chi connectivity index (χ1) is 11.0. The molecule has 1 N–H and O–H groups in total. The third-order valence-electron chi connectivity index (χ3n) is 2.87. The molecule has 7 nitrogen and oxygen atoms in total. The number of carboxylic acid groups (broad SMARTS) is 1. The fourth-order valence-electron chi connectivity index (χ4n) is 1.77. The molecule has 118 valence electrons. The van der Waals surface area contributed by atoms with Crippen LogP contribution in [-0.4, -0.2) is 21.8 Å². The second-order valence-electron chi connectivity index (χ2n) is 4.58. The van der Waals surface area contributed by atoms with E-state index in [4.69, 9.17) is 5.11 Å². The second-order valence-corrected chi connectivity index (χ2v) is 5.60. The lowest BCUT2D eigenvalue weighted by Crippen LogP contribution is -1.97. The van der Waals surface area contributed by atoms with Gasteiger partial charge >= 0.3 is 5.97 Å². The van der Waals surface area contributed by atoms with Crippen LogP contribution in [0.25, 0.3) is 0 Å². The molecule has 23 heavy (non-hydrogen) atoms. The third kappa shape index (κ3) is 4.62. The fourth-order valence-corrected chi connectivity index (χ4v) is 2.48. The Labute approximate surface area is 136 Å². The lowest BCUT2D eigenvalue weighted by Gasteiger charge is -2.03. The fraction of sp³-hybridized carbons (Fsp3) is 0.133. The molecular formula is C15H13N3O4S. The van der Waals surface area contributed by atoms with E-state index in [1.807, 2.05) is 0 Å². The number of nitro groups is 1. The van der Waals surface area contributed by atoms with E-state index in [9.17, 15) is 14.9 Å². The van der Waals surface area contributed by atoms with E-state index >= 15 is 0 Å². The molecule has 0 radical (unpaired) electrons. The molecule has 0 aliphatic heterocycles. The molecule has 0 saturated carbocycles. The summed E-state index contributed by atoms with van der Waals surface area (Å²) in [4.78, 5) is 21.6. The summed E-state index contributed by atoms with van der Waals surface area (Å²) in [5.74, 6) is -0.976. The van der Waals surface area contributed by atoms with E-state index in [0.29, 0.717) is 21.8 Å². The highest BCUT2D eigenvalue weighted by Gasteiger charge is 2.08. The number of rotatable bonds is 6. The molecule has 2 aromatic carbocycles. The van der Waals surface area contributed by atoms with Crippen molar-refractivity contribution < 1.29 is 14.8 Å². The third-order valence-corrected chi connectivity index (χ3v) is 3.92. The van der Waals surface area contributed by atoms with Crippen LogP contribution in [0.2, 0.25) is 0 Å². The Bertz CT molecular complexity index is 777. The summed E-state index contributed by atoms with van der Waals surface area (Å²) in [5, 5.41) is 27.7. The number of nitro benzene ring substituents is 1. The van der Waals surface area contributed by atoms with Crippen LogP contribution in [0.15, 0.2) is 57.6 Å². The average molecular weight is 331 g/mol. The Morgan fingerprint density at radius 2 is 1.91 bits per heavy atom. The molecule has 0 bridgehead atoms. The quantitative estimate of drug-likeness (QED) is 0.363. The number of non-ortho nitro benzene ring substituents is 1. The smallest absolute Gasteiger partial charge is 0.313 e. The largest absolute Gasteiger partial charge is 0.481 e. The Hall–Kier alpha value is -2.74. The topological polar surface area (TPSA) is 105 Å². The number of carboxylic acids is 1. The molecule has 0 aliphatic carbocycles. The first kappa shape index (κ1) is 16.6. The van der Waals surface area contributed by atoms with E-state index in [2.05, 4.69) is 10.2 Å². The maximum Gasteiger partial charge on any atom is 0.313 e. The van der Waals surface area contributed by atoms with Crippen LogP contribution in [0.4, 0.5) is 17.1 Å². The number of aliphatic carboxylic acids is 1. The number of carbonyl (C=O) groups is 1. The van der Waals surface area contributed by atoms with Crippen LogP contribution < -0.4 is 0 Å². The van der Waals surface area contributed by atoms with E-state index in [1.54, 1.807) is 31.2 Å². The van der Waals surface area contributed by atoms with Gasteiger partial charge in [0.2, 0.25) is 0 Å². The van der Waals surface area contributed by atoms with Gasteiger partial charge in [-0.3, -0.25) is 14.9 Å². The van der Waals surface area contributed by atoms with Gasteiger partial charge in [0.25, 0.3) is 5.69 Å². The van der Waals surface area contributed by atoms with Gasteiger partial charge in [-0.05, 0) is 30.7 Å². The van der Waals surface area contributed by atoms with Crippen molar-refractivity contribution in [2.45, 2.75) is 11.8 Å². The normalized spacial score (nSPS) is 10.8. The van der Waals surface area contributed by atoms with Gasteiger partial charge in [0.1, 0.15) is 0 Å². The zero-order valence-corrected chi connectivity index (χ0v) is 13.0. The summed E-state index contributed by atoms with van der Waals surface area (Å²) in [6.45, 7) is 1.71. The molecular weight excluding hydrogens is 318 g/mol. The predicted molar refractivity (Wildman–Crippen MR) is 86.8 cm³/mol. The van der Waals surface area contributed by atoms with Crippen LogP contribution in [0, 0.1) is 17.0 Å². The van der Waals surface area contributed by atoms with Crippen molar-refractivity contribution >= 4 is 34.8 Å². The molecule has 0 amide bonds. The van der Waals surface area contributed by atoms with Crippen molar-refractivity contribution in [3.05, 3.63) is 58.1 Å². The molecule has 8 heteroatoms. The van der Waals surface area contributed by atoms with Crippen LogP contribution in [0.1, 0.15) is 5.56 Å². The minimum Gasteiger partial charge on any atom is -0.481 e. The van der Waals surface area contributed by atoms with E-state index in [1.165, 1.54) is 18.2 Å². The summed E-state index contributed by atoms with van der Waals surface area (Å²) >= 11 is 1.16. The van der Waals surface area contributed by atoms with Crippen LogP contribution >= 0.6 is 11.8 Å². The molecule has 2 rings (SSSR count). The highest BCUT2D eigenvalue weighted by molar-refractivity contribution is 8.00. The summed E-state index contributed by atoms with van der Waals surface area (Å²) in [5.41, 5.74) is 1.71. The number of azo groups is 1. The first-order valence-electron chi connectivity index (χ1n) is 6.58. The minimum absolute atomic E-state index is 0.00105. The van der Waals surface area contributed by atoms with E-state index < -0.39 is 10.9 Å². The Balaban J connectivity index is 2.23. The van der Waals surface area contributed by atoms with Crippen molar-refractivity contribution in [1.82, 2.24) is 0 Å². The van der Waals surface area contributed by atoms with Crippen LogP contribution in [-0.2, 0) is 4.79 Å². The number of nitrogens with zero attached hydrogens (tertiary/aromatic N) is 3. The van der Waals surface area contributed by atoms with Gasteiger partial charge in [0.15, 0.2) is 0 Å². The standard InChI is InChI=1S/C15H13N3O4S/c1-10-8-11(18(21)22)6-7-12(10)16-17-13-4-2-3-5-14(13)23-9-15(19)20/h2-8H,9H2,1H3,(H,19,20). The van der Waals surface area contributed by atoms with Crippen molar-refractivity contribution in [3.63, 3.8) is 0 Å². The van der Waals surface area contributed by atoms with Crippen LogP contribution in [0.5, 0.6) is 0 Å². The Kier molecular flexibility index (Phi) is 5.42. The molecule has 0 heterocycles. The molecule has 0 aromatic heterocycles. The van der Waals surface area contributed by atoms with Gasteiger partial charge in [0, 0.05) is 17.0 Å². The zero-order valence-electron chi connectivity index (χ0n) is 12.2. The molecule has 2 aromatic rings. The molecule has 0 spiro atoms. The lowest BCUT2D eigenvalue weighted by molar-refractivity contribution is -0.384. The van der Waals surface area contributed by atoms with Crippen molar-refractivity contribution in [2.75, 3.05) is 5.75 Å². The number of benzene rings is 2. The molecule has 0 fully saturated rings.